The van der Waals surface area contributed by atoms with Crippen molar-refractivity contribution in [3.8, 4) is 0 Å². The van der Waals surface area contributed by atoms with Crippen LogP contribution in [0.15, 0.2) is 70.6 Å². The molecule has 21 heavy (non-hydrogen) atoms. The van der Waals surface area contributed by atoms with Gasteiger partial charge in [-0.2, -0.15) is 0 Å². The Kier molecular flexibility index (Phi) is 3.56. The highest BCUT2D eigenvalue weighted by Crippen LogP contribution is 2.36. The third-order valence-corrected chi connectivity index (χ3v) is 3.34. The van der Waals surface area contributed by atoms with Gasteiger partial charge in [-0.25, -0.2) is 9.98 Å². The Balaban J connectivity index is 2.21. The van der Waals surface area contributed by atoms with E-state index in [0.717, 1.165) is 11.1 Å². The van der Waals surface area contributed by atoms with Crippen molar-refractivity contribution >= 4 is 19.2 Å². The second kappa shape index (κ2) is 5.51. The van der Waals surface area contributed by atoms with Crippen LogP contribution in [0.4, 0.5) is 0 Å². The van der Waals surface area contributed by atoms with E-state index in [2.05, 4.69) is 15.3 Å². The monoisotopic (exact) mass is 279 g/mol. The lowest BCUT2D eigenvalue weighted by Crippen LogP contribution is -2.44. The smallest absolute Gasteiger partial charge is 0.421 e. The third kappa shape index (κ3) is 2.46. The highest BCUT2D eigenvalue weighted by molar-refractivity contribution is 6.80. The first kappa shape index (κ1) is 13.5. The normalized spacial score (nSPS) is 16.0. The summed E-state index contributed by atoms with van der Waals surface area (Å²) in [6, 6.07) is 19.1. The van der Waals surface area contributed by atoms with Crippen molar-refractivity contribution in [1.82, 2.24) is 5.32 Å². The van der Waals surface area contributed by atoms with Crippen LogP contribution in [0.1, 0.15) is 11.1 Å². The first-order valence-corrected chi connectivity index (χ1v) is 6.59. The topological polar surface area (TPSA) is 77.2 Å². The van der Waals surface area contributed by atoms with E-state index in [1.165, 1.54) is 6.34 Å². The summed E-state index contributed by atoms with van der Waals surface area (Å²) in [5, 5.41) is 21.5. The number of rotatable bonds is 3. The molecule has 0 amide bonds. The predicted octanol–water partition coefficient (Wildman–Crippen LogP) is 0.930. The third-order valence-electron chi connectivity index (χ3n) is 3.34. The van der Waals surface area contributed by atoms with Crippen LogP contribution in [0.25, 0.3) is 0 Å². The quantitative estimate of drug-likeness (QED) is 0.731. The number of hydrogen-bond acceptors (Lipinski definition) is 5. The van der Waals surface area contributed by atoms with E-state index in [4.69, 9.17) is 0 Å². The van der Waals surface area contributed by atoms with E-state index in [1.54, 1.807) is 0 Å². The van der Waals surface area contributed by atoms with Crippen molar-refractivity contribution in [3.63, 3.8) is 0 Å². The van der Waals surface area contributed by atoms with Crippen LogP contribution in [0.5, 0.6) is 0 Å². The fraction of sp³-hybridized carbons (Fsp3) is 0.0667. The summed E-state index contributed by atoms with van der Waals surface area (Å²) in [5.74, 6) is 0. The van der Waals surface area contributed by atoms with Crippen molar-refractivity contribution in [2.45, 2.75) is 5.66 Å². The molecule has 5 nitrogen and oxygen atoms in total. The second-order valence-electron chi connectivity index (χ2n) is 4.68. The lowest BCUT2D eigenvalue weighted by Gasteiger charge is -2.30. The molecule has 0 fully saturated rings. The molecule has 0 saturated carbocycles. The van der Waals surface area contributed by atoms with Crippen molar-refractivity contribution in [3.05, 3.63) is 71.8 Å². The van der Waals surface area contributed by atoms with Gasteiger partial charge in [0.15, 0.2) is 0 Å². The molecule has 104 valence electrons. The molecule has 0 atom stereocenters. The molecule has 1 aliphatic rings. The van der Waals surface area contributed by atoms with Gasteiger partial charge in [0.05, 0.1) is 6.34 Å². The van der Waals surface area contributed by atoms with Gasteiger partial charge in [0.1, 0.15) is 5.73 Å². The Morgan fingerprint density at radius 2 is 1.38 bits per heavy atom. The van der Waals surface area contributed by atoms with Crippen LogP contribution in [-0.4, -0.2) is 29.2 Å². The van der Waals surface area contributed by atoms with E-state index in [-0.39, 0.29) is 5.73 Å². The van der Waals surface area contributed by atoms with Gasteiger partial charge in [0.25, 0.3) is 0 Å². The fourth-order valence-electron chi connectivity index (χ4n) is 2.35. The standard InChI is InChI=1S/C15H14BN3O2/c20-16(21)14-17-11-18-15(19-14,12-7-3-1-4-8-12)13-9-5-2-6-10-13/h1-11,20-21H,(H,17,18,19). The minimum Gasteiger partial charge on any atom is -0.421 e. The average Bonchev–Trinajstić information content (AvgIpc) is 2.56. The zero-order chi connectivity index (χ0) is 14.7. The van der Waals surface area contributed by atoms with Crippen LogP contribution >= 0.6 is 0 Å². The molecule has 0 aliphatic carbocycles. The predicted molar refractivity (Wildman–Crippen MR) is 82.9 cm³/mol. The maximum absolute atomic E-state index is 9.40. The molecule has 0 aromatic heterocycles. The van der Waals surface area contributed by atoms with E-state index >= 15 is 0 Å². The second-order valence-corrected chi connectivity index (χ2v) is 4.68. The highest BCUT2D eigenvalue weighted by atomic mass is 16.4. The van der Waals surface area contributed by atoms with E-state index in [9.17, 15) is 10.0 Å². The maximum atomic E-state index is 9.40. The van der Waals surface area contributed by atoms with Gasteiger partial charge >= 0.3 is 7.12 Å². The fourth-order valence-corrected chi connectivity index (χ4v) is 2.35. The zero-order valence-corrected chi connectivity index (χ0v) is 11.2. The van der Waals surface area contributed by atoms with Gasteiger partial charge in [0.2, 0.25) is 5.66 Å². The first-order valence-electron chi connectivity index (χ1n) is 6.59. The van der Waals surface area contributed by atoms with Crippen LogP contribution < -0.4 is 5.32 Å². The van der Waals surface area contributed by atoms with E-state index in [0.29, 0.717) is 0 Å². The first-order chi connectivity index (χ1) is 10.2. The lowest BCUT2D eigenvalue weighted by atomic mass is 9.86. The Labute approximate surface area is 122 Å². The molecule has 0 unspecified atom stereocenters. The SMILES string of the molecule is OB(O)C1=NC(c2ccccc2)(c2ccccc2)N=CN1. The molecule has 0 spiro atoms. The van der Waals surface area contributed by atoms with Crippen LogP contribution in [0, 0.1) is 0 Å². The molecule has 0 radical (unpaired) electrons. The zero-order valence-electron chi connectivity index (χ0n) is 11.2. The summed E-state index contributed by atoms with van der Waals surface area (Å²) in [7, 11) is -1.68. The number of aliphatic imine (C=N–C) groups is 2. The van der Waals surface area contributed by atoms with Gasteiger partial charge in [-0.1, -0.05) is 60.7 Å². The van der Waals surface area contributed by atoms with E-state index in [1.807, 2.05) is 60.7 Å². The summed E-state index contributed by atoms with van der Waals surface area (Å²) in [6.07, 6.45) is 1.45. The Bertz CT molecular complexity index is 632. The van der Waals surface area contributed by atoms with Crippen molar-refractivity contribution in [2.24, 2.45) is 9.98 Å². The number of nitrogens with zero attached hydrogens (tertiary/aromatic N) is 2. The Morgan fingerprint density at radius 3 is 1.86 bits per heavy atom. The van der Waals surface area contributed by atoms with Crippen molar-refractivity contribution < 1.29 is 10.0 Å². The summed E-state index contributed by atoms with van der Waals surface area (Å²) in [4.78, 5) is 8.95. The summed E-state index contributed by atoms with van der Waals surface area (Å²) in [5.41, 5.74) is 0.768. The number of hydrogen-bond donors (Lipinski definition) is 3. The van der Waals surface area contributed by atoms with Gasteiger partial charge in [-0.05, 0) is 0 Å². The molecule has 0 bridgehead atoms. The number of nitrogens with one attached hydrogen (secondary N) is 1. The average molecular weight is 279 g/mol. The lowest BCUT2D eigenvalue weighted by molar-refractivity contribution is 0.426. The molecular weight excluding hydrogens is 265 g/mol. The molecular formula is C15H14BN3O2. The molecule has 3 rings (SSSR count). The Morgan fingerprint density at radius 1 is 0.857 bits per heavy atom. The molecule has 0 saturated heterocycles. The minimum absolute atomic E-state index is 0.0673. The molecule has 1 aliphatic heterocycles. The Hall–Kier alpha value is -2.44. The van der Waals surface area contributed by atoms with Crippen LogP contribution in [-0.2, 0) is 5.66 Å². The molecule has 6 heteroatoms. The summed E-state index contributed by atoms with van der Waals surface area (Å²) < 4.78 is 0. The van der Waals surface area contributed by atoms with Crippen LogP contribution in [0.2, 0.25) is 0 Å². The minimum atomic E-state index is -1.68. The highest BCUT2D eigenvalue weighted by Gasteiger charge is 2.37. The molecule has 2 aromatic carbocycles. The molecule has 2 aromatic rings. The molecule has 1 heterocycles. The van der Waals surface area contributed by atoms with Gasteiger partial charge < -0.3 is 15.4 Å². The molecule has 3 N–H and O–H groups in total. The van der Waals surface area contributed by atoms with E-state index < -0.39 is 12.8 Å². The number of amidine groups is 1. The van der Waals surface area contributed by atoms with Gasteiger partial charge in [-0.15, -0.1) is 0 Å². The van der Waals surface area contributed by atoms with Gasteiger partial charge in [-0.3, -0.25) is 0 Å². The largest absolute Gasteiger partial charge is 0.525 e. The van der Waals surface area contributed by atoms with Crippen LogP contribution in [0.3, 0.4) is 0 Å². The number of benzene rings is 2. The van der Waals surface area contributed by atoms with Gasteiger partial charge in [0, 0.05) is 11.1 Å². The summed E-state index contributed by atoms with van der Waals surface area (Å²) >= 11 is 0. The van der Waals surface area contributed by atoms with Crippen molar-refractivity contribution in [1.29, 1.82) is 0 Å². The maximum Gasteiger partial charge on any atom is 0.525 e. The van der Waals surface area contributed by atoms with Crippen molar-refractivity contribution in [2.75, 3.05) is 0 Å². The summed E-state index contributed by atoms with van der Waals surface area (Å²) in [6.45, 7) is 0.